The first-order valence-corrected chi connectivity index (χ1v) is 5.17. The standard InChI is InChI=1S/C10H16O6/c1-5(11)15-7-6-4-14-8(7)9(12-2)10(13-3)16-6/h6-10H,4H2,1-3H3/t6-,7+,8+,9-,10+/m1/s1. The van der Waals surface area contributed by atoms with Gasteiger partial charge in [0.2, 0.25) is 0 Å². The summed E-state index contributed by atoms with van der Waals surface area (Å²) < 4.78 is 26.7. The molecule has 0 aliphatic carbocycles. The van der Waals surface area contributed by atoms with Crippen LogP contribution in [0.3, 0.4) is 0 Å². The highest BCUT2D eigenvalue weighted by Gasteiger charge is 2.53. The van der Waals surface area contributed by atoms with E-state index in [0.717, 1.165) is 0 Å². The average Bonchev–Trinajstić information content (AvgIpc) is 2.52. The number of ether oxygens (including phenoxy) is 5. The van der Waals surface area contributed by atoms with Crippen LogP contribution in [-0.2, 0) is 28.5 Å². The Morgan fingerprint density at radius 2 is 2.00 bits per heavy atom. The highest BCUT2D eigenvalue weighted by Crippen LogP contribution is 2.33. The Morgan fingerprint density at radius 1 is 1.25 bits per heavy atom. The first kappa shape index (κ1) is 11.8. The molecule has 0 N–H and O–H groups in total. The summed E-state index contributed by atoms with van der Waals surface area (Å²) in [5.74, 6) is -0.347. The summed E-state index contributed by atoms with van der Waals surface area (Å²) in [5.41, 5.74) is 0. The van der Waals surface area contributed by atoms with E-state index in [0.29, 0.717) is 6.61 Å². The lowest BCUT2D eigenvalue weighted by atomic mass is 10.0. The molecule has 0 unspecified atom stereocenters. The van der Waals surface area contributed by atoms with E-state index in [1.165, 1.54) is 6.92 Å². The van der Waals surface area contributed by atoms with E-state index in [1.54, 1.807) is 14.2 Å². The molecule has 2 saturated heterocycles. The SMILES string of the molecule is CO[C@H]1O[C@@H]2CO[C@@H]([C@H]2OC(C)=O)[C@H]1OC. The Balaban J connectivity index is 2.11. The predicted octanol–water partition coefficient (Wildman–Crippen LogP) is -0.297. The van der Waals surface area contributed by atoms with Gasteiger partial charge in [-0.05, 0) is 0 Å². The van der Waals surface area contributed by atoms with Crippen LogP contribution >= 0.6 is 0 Å². The van der Waals surface area contributed by atoms with Gasteiger partial charge in [-0.25, -0.2) is 0 Å². The van der Waals surface area contributed by atoms with Crippen molar-refractivity contribution >= 4 is 5.97 Å². The smallest absolute Gasteiger partial charge is 0.303 e. The third kappa shape index (κ3) is 1.93. The van der Waals surface area contributed by atoms with Crippen LogP contribution in [0.15, 0.2) is 0 Å². The summed E-state index contributed by atoms with van der Waals surface area (Å²) in [6, 6.07) is 0. The van der Waals surface area contributed by atoms with Gasteiger partial charge in [0.05, 0.1) is 6.61 Å². The van der Waals surface area contributed by atoms with Crippen molar-refractivity contribution in [2.24, 2.45) is 0 Å². The number of carbonyl (C=O) groups excluding carboxylic acids is 1. The van der Waals surface area contributed by atoms with Crippen LogP contribution in [0.4, 0.5) is 0 Å². The van der Waals surface area contributed by atoms with Crippen molar-refractivity contribution in [2.75, 3.05) is 20.8 Å². The summed E-state index contributed by atoms with van der Waals surface area (Å²) in [6.45, 7) is 1.76. The zero-order valence-corrected chi connectivity index (χ0v) is 9.54. The molecule has 2 heterocycles. The van der Waals surface area contributed by atoms with E-state index in [4.69, 9.17) is 23.7 Å². The fourth-order valence-electron chi connectivity index (χ4n) is 2.18. The van der Waals surface area contributed by atoms with Crippen LogP contribution in [0.5, 0.6) is 0 Å². The molecule has 2 fully saturated rings. The molecule has 5 atom stereocenters. The molecule has 2 bridgehead atoms. The van der Waals surface area contributed by atoms with Crippen molar-refractivity contribution in [1.82, 2.24) is 0 Å². The van der Waals surface area contributed by atoms with E-state index < -0.39 is 12.4 Å². The van der Waals surface area contributed by atoms with Gasteiger partial charge in [0.15, 0.2) is 12.4 Å². The average molecular weight is 232 g/mol. The highest BCUT2D eigenvalue weighted by molar-refractivity contribution is 5.66. The normalized spacial score (nSPS) is 42.1. The monoisotopic (exact) mass is 232 g/mol. The van der Waals surface area contributed by atoms with Gasteiger partial charge in [-0.15, -0.1) is 0 Å². The molecule has 0 spiro atoms. The summed E-state index contributed by atoms with van der Waals surface area (Å²) in [5, 5.41) is 0. The first-order valence-electron chi connectivity index (χ1n) is 5.17. The molecule has 2 rings (SSSR count). The van der Waals surface area contributed by atoms with E-state index in [9.17, 15) is 4.79 Å². The lowest BCUT2D eigenvalue weighted by Gasteiger charge is -2.37. The van der Waals surface area contributed by atoms with Crippen molar-refractivity contribution in [2.45, 2.75) is 37.6 Å². The van der Waals surface area contributed by atoms with Crippen molar-refractivity contribution in [3.05, 3.63) is 0 Å². The molecule has 6 nitrogen and oxygen atoms in total. The number of fused-ring (bicyclic) bond motifs is 2. The zero-order chi connectivity index (χ0) is 11.7. The number of esters is 1. The van der Waals surface area contributed by atoms with E-state index in [1.807, 2.05) is 0 Å². The van der Waals surface area contributed by atoms with Crippen LogP contribution in [0.25, 0.3) is 0 Å². The maximum atomic E-state index is 11.0. The third-order valence-electron chi connectivity index (χ3n) is 2.85. The van der Waals surface area contributed by atoms with Gasteiger partial charge in [-0.2, -0.15) is 0 Å². The zero-order valence-electron chi connectivity index (χ0n) is 9.54. The van der Waals surface area contributed by atoms with Crippen molar-refractivity contribution in [3.8, 4) is 0 Å². The molecule has 0 aromatic carbocycles. The molecule has 0 aromatic heterocycles. The minimum atomic E-state index is -0.477. The van der Waals surface area contributed by atoms with Crippen LogP contribution in [-0.4, -0.2) is 57.5 Å². The van der Waals surface area contributed by atoms with Gasteiger partial charge in [0.1, 0.15) is 18.3 Å². The molecule has 2 aliphatic rings. The Morgan fingerprint density at radius 3 is 2.56 bits per heavy atom. The largest absolute Gasteiger partial charge is 0.457 e. The fourth-order valence-corrected chi connectivity index (χ4v) is 2.18. The molecular weight excluding hydrogens is 216 g/mol. The van der Waals surface area contributed by atoms with Crippen molar-refractivity contribution in [3.63, 3.8) is 0 Å². The van der Waals surface area contributed by atoms with Gasteiger partial charge in [-0.3, -0.25) is 4.79 Å². The maximum Gasteiger partial charge on any atom is 0.303 e. The minimum absolute atomic E-state index is 0.273. The second-order valence-electron chi connectivity index (χ2n) is 3.85. The van der Waals surface area contributed by atoms with Crippen LogP contribution < -0.4 is 0 Å². The van der Waals surface area contributed by atoms with Crippen molar-refractivity contribution in [1.29, 1.82) is 0 Å². The molecule has 6 heteroatoms. The Labute approximate surface area is 93.7 Å². The molecule has 0 radical (unpaired) electrons. The molecule has 0 saturated carbocycles. The quantitative estimate of drug-likeness (QED) is 0.623. The minimum Gasteiger partial charge on any atom is -0.457 e. The van der Waals surface area contributed by atoms with Crippen LogP contribution in [0, 0.1) is 0 Å². The van der Waals surface area contributed by atoms with E-state index in [2.05, 4.69) is 0 Å². The topological polar surface area (TPSA) is 63.2 Å². The first-order chi connectivity index (χ1) is 7.67. The summed E-state index contributed by atoms with van der Waals surface area (Å²) in [4.78, 5) is 11.0. The number of carbonyl (C=O) groups is 1. The van der Waals surface area contributed by atoms with Gasteiger partial charge in [-0.1, -0.05) is 0 Å². The number of hydrogen-bond donors (Lipinski definition) is 0. The van der Waals surface area contributed by atoms with Crippen molar-refractivity contribution < 1.29 is 28.5 Å². The van der Waals surface area contributed by atoms with Gasteiger partial charge < -0.3 is 23.7 Å². The number of hydrogen-bond acceptors (Lipinski definition) is 6. The van der Waals surface area contributed by atoms with Crippen LogP contribution in [0.2, 0.25) is 0 Å². The summed E-state index contributed by atoms with van der Waals surface area (Å²) in [7, 11) is 3.09. The van der Waals surface area contributed by atoms with E-state index in [-0.39, 0.29) is 24.3 Å². The lowest BCUT2D eigenvalue weighted by molar-refractivity contribution is -0.262. The Hall–Kier alpha value is -0.690. The molecule has 16 heavy (non-hydrogen) atoms. The maximum absolute atomic E-state index is 11.0. The number of methoxy groups -OCH3 is 2. The summed E-state index contributed by atoms with van der Waals surface area (Å²) >= 11 is 0. The van der Waals surface area contributed by atoms with Gasteiger partial charge in [0, 0.05) is 21.1 Å². The molecule has 0 aromatic rings. The molecular formula is C10H16O6. The van der Waals surface area contributed by atoms with Gasteiger partial charge >= 0.3 is 5.97 Å². The molecule has 92 valence electrons. The van der Waals surface area contributed by atoms with E-state index >= 15 is 0 Å². The third-order valence-corrected chi connectivity index (χ3v) is 2.85. The second kappa shape index (κ2) is 4.67. The Kier molecular flexibility index (Phi) is 3.44. The number of rotatable bonds is 3. The molecule has 0 amide bonds. The fraction of sp³-hybridized carbons (Fsp3) is 0.900. The summed E-state index contributed by atoms with van der Waals surface area (Å²) in [6.07, 6.45) is -1.86. The highest BCUT2D eigenvalue weighted by atomic mass is 16.7. The lowest BCUT2D eigenvalue weighted by Crippen LogP contribution is -2.55. The second-order valence-corrected chi connectivity index (χ2v) is 3.85. The molecule has 2 aliphatic heterocycles. The predicted molar refractivity (Wildman–Crippen MR) is 51.8 cm³/mol. The van der Waals surface area contributed by atoms with Gasteiger partial charge in [0.25, 0.3) is 0 Å². The van der Waals surface area contributed by atoms with Crippen LogP contribution in [0.1, 0.15) is 6.92 Å². The Bertz CT molecular complexity index is 268.